The number of hydrazone groups is 1. The second-order valence-corrected chi connectivity index (χ2v) is 7.52. The molecule has 1 aliphatic heterocycles. The number of aromatic nitrogens is 2. The van der Waals surface area contributed by atoms with Crippen LogP contribution in [0.25, 0.3) is 11.3 Å². The molecule has 4 rings (SSSR count). The number of aromatic amines is 1. The molecule has 7 nitrogen and oxygen atoms in total. The summed E-state index contributed by atoms with van der Waals surface area (Å²) in [4.78, 5) is 21.8. The Kier molecular flexibility index (Phi) is 6.50. The molecule has 2 heterocycles. The molecule has 156 valence electrons. The maximum absolute atomic E-state index is 12.4. The van der Waals surface area contributed by atoms with E-state index in [-0.39, 0.29) is 11.5 Å². The van der Waals surface area contributed by atoms with Crippen molar-refractivity contribution >= 4 is 12.2 Å². The Morgan fingerprint density at radius 2 is 1.84 bits per heavy atom. The van der Waals surface area contributed by atoms with E-state index in [2.05, 4.69) is 31.5 Å². The van der Waals surface area contributed by atoms with E-state index in [1.165, 1.54) is 24.8 Å². The second-order valence-electron chi connectivity index (χ2n) is 7.52. The first-order valence-corrected chi connectivity index (χ1v) is 10.4. The predicted molar refractivity (Wildman–Crippen MR) is 122 cm³/mol. The van der Waals surface area contributed by atoms with Gasteiger partial charge < -0.3 is 0 Å². The number of likely N-dealkylation sites (tertiary alicyclic amines) is 1. The van der Waals surface area contributed by atoms with Gasteiger partial charge in [0, 0.05) is 12.1 Å². The summed E-state index contributed by atoms with van der Waals surface area (Å²) < 4.78 is 0. The van der Waals surface area contributed by atoms with Crippen LogP contribution in [0, 0.1) is 11.3 Å². The molecule has 31 heavy (non-hydrogen) atoms. The van der Waals surface area contributed by atoms with E-state index in [0.29, 0.717) is 11.3 Å². The van der Waals surface area contributed by atoms with Crippen molar-refractivity contribution in [3.63, 3.8) is 0 Å². The molecule has 1 fully saturated rings. The van der Waals surface area contributed by atoms with Crippen molar-refractivity contribution in [3.8, 4) is 17.3 Å². The Morgan fingerprint density at radius 3 is 2.61 bits per heavy atom. The van der Waals surface area contributed by atoms with Gasteiger partial charge in [-0.25, -0.2) is 10.4 Å². The van der Waals surface area contributed by atoms with Crippen molar-refractivity contribution in [3.05, 3.63) is 81.6 Å². The average molecular weight is 412 g/mol. The minimum absolute atomic E-state index is 0.0207. The molecule has 1 saturated heterocycles. The van der Waals surface area contributed by atoms with Crippen LogP contribution in [0.1, 0.15) is 36.0 Å². The fraction of sp³-hybridized carbons (Fsp3) is 0.250. The largest absolute Gasteiger partial charge is 0.299 e. The monoisotopic (exact) mass is 412 g/mol. The molecule has 0 radical (unpaired) electrons. The minimum Gasteiger partial charge on any atom is -0.299 e. The quantitative estimate of drug-likeness (QED) is 0.475. The average Bonchev–Trinajstić information content (AvgIpc) is 2.81. The van der Waals surface area contributed by atoms with Crippen molar-refractivity contribution in [2.45, 2.75) is 25.8 Å². The van der Waals surface area contributed by atoms with Gasteiger partial charge in [-0.1, -0.05) is 61.0 Å². The first-order chi connectivity index (χ1) is 15.2. The van der Waals surface area contributed by atoms with Crippen molar-refractivity contribution in [1.82, 2.24) is 14.9 Å². The van der Waals surface area contributed by atoms with Crippen molar-refractivity contribution < 1.29 is 0 Å². The molecule has 0 atom stereocenters. The fourth-order valence-corrected chi connectivity index (χ4v) is 3.76. The number of anilines is 1. The van der Waals surface area contributed by atoms with E-state index >= 15 is 0 Å². The van der Waals surface area contributed by atoms with Crippen LogP contribution in [0.15, 0.2) is 64.5 Å². The van der Waals surface area contributed by atoms with Gasteiger partial charge in [-0.3, -0.25) is 14.7 Å². The van der Waals surface area contributed by atoms with Crippen molar-refractivity contribution in [2.24, 2.45) is 5.10 Å². The van der Waals surface area contributed by atoms with Crippen LogP contribution in [-0.4, -0.2) is 34.2 Å². The van der Waals surface area contributed by atoms with E-state index in [9.17, 15) is 10.1 Å². The van der Waals surface area contributed by atoms with Gasteiger partial charge in [0.25, 0.3) is 5.56 Å². The summed E-state index contributed by atoms with van der Waals surface area (Å²) in [6.07, 6.45) is 5.54. The van der Waals surface area contributed by atoms with Gasteiger partial charge in [0.15, 0.2) is 0 Å². The molecule has 0 aliphatic carbocycles. The molecular weight excluding hydrogens is 388 g/mol. The maximum Gasteiger partial charge on any atom is 0.270 e. The lowest BCUT2D eigenvalue weighted by molar-refractivity contribution is 0.221. The van der Waals surface area contributed by atoms with Crippen LogP contribution < -0.4 is 11.0 Å². The Labute approximate surface area is 181 Å². The van der Waals surface area contributed by atoms with E-state index in [1.807, 2.05) is 54.6 Å². The summed E-state index contributed by atoms with van der Waals surface area (Å²) in [6.45, 7) is 3.15. The van der Waals surface area contributed by atoms with Gasteiger partial charge in [-0.2, -0.15) is 10.4 Å². The zero-order valence-electron chi connectivity index (χ0n) is 17.2. The molecule has 0 amide bonds. The zero-order valence-corrected chi connectivity index (χ0v) is 17.2. The number of benzene rings is 2. The summed E-state index contributed by atoms with van der Waals surface area (Å²) in [5, 5.41) is 13.7. The highest BCUT2D eigenvalue weighted by atomic mass is 16.1. The molecule has 7 heteroatoms. The number of nitriles is 1. The van der Waals surface area contributed by atoms with Crippen LogP contribution >= 0.6 is 0 Å². The molecule has 0 saturated carbocycles. The van der Waals surface area contributed by atoms with E-state index in [1.54, 1.807) is 6.21 Å². The number of hydrogen-bond acceptors (Lipinski definition) is 6. The third-order valence-corrected chi connectivity index (χ3v) is 5.35. The normalized spacial score (nSPS) is 14.4. The number of H-pyrrole nitrogens is 1. The van der Waals surface area contributed by atoms with Crippen molar-refractivity contribution in [1.29, 1.82) is 5.26 Å². The summed E-state index contributed by atoms with van der Waals surface area (Å²) in [5.41, 5.74) is 5.54. The van der Waals surface area contributed by atoms with Crippen LogP contribution in [0.2, 0.25) is 0 Å². The first-order valence-electron chi connectivity index (χ1n) is 10.4. The molecule has 0 bridgehead atoms. The Balaban J connectivity index is 1.54. The van der Waals surface area contributed by atoms with E-state index in [0.717, 1.165) is 25.2 Å². The van der Waals surface area contributed by atoms with Crippen LogP contribution in [-0.2, 0) is 6.54 Å². The van der Waals surface area contributed by atoms with Gasteiger partial charge in [0.1, 0.15) is 11.6 Å². The predicted octanol–water partition coefficient (Wildman–Crippen LogP) is 3.74. The molecule has 2 N–H and O–H groups in total. The number of rotatable bonds is 6. The lowest BCUT2D eigenvalue weighted by atomic mass is 10.1. The zero-order chi connectivity index (χ0) is 21.5. The van der Waals surface area contributed by atoms with Gasteiger partial charge >= 0.3 is 0 Å². The molecule has 0 unspecified atom stereocenters. The van der Waals surface area contributed by atoms with Gasteiger partial charge in [-0.15, -0.1) is 0 Å². The third kappa shape index (κ3) is 5.05. The topological polar surface area (TPSA) is 97.2 Å². The van der Waals surface area contributed by atoms with Crippen molar-refractivity contribution in [2.75, 3.05) is 18.5 Å². The number of nitrogens with zero attached hydrogens (tertiary/aromatic N) is 4. The van der Waals surface area contributed by atoms with Crippen LogP contribution in [0.4, 0.5) is 5.95 Å². The number of hydrogen-bond donors (Lipinski definition) is 2. The molecular formula is C24H24N6O. The van der Waals surface area contributed by atoms with Gasteiger partial charge in [-0.05, 0) is 37.1 Å². The fourth-order valence-electron chi connectivity index (χ4n) is 3.76. The lowest BCUT2D eigenvalue weighted by Crippen LogP contribution is -2.29. The Hall–Kier alpha value is -3.76. The summed E-state index contributed by atoms with van der Waals surface area (Å²) in [5.74, 6) is 0.188. The minimum atomic E-state index is -0.500. The SMILES string of the molecule is N#Cc1c(-c2ccccc2)nc(NN=Cc2ccccc2CN2CCCCC2)[nH]c1=O. The highest BCUT2D eigenvalue weighted by molar-refractivity contribution is 5.82. The second kappa shape index (κ2) is 9.83. The lowest BCUT2D eigenvalue weighted by Gasteiger charge is -2.26. The molecule has 2 aromatic carbocycles. The van der Waals surface area contributed by atoms with Crippen LogP contribution in [0.5, 0.6) is 0 Å². The highest BCUT2D eigenvalue weighted by Crippen LogP contribution is 2.19. The number of nitrogens with one attached hydrogen (secondary N) is 2. The standard InChI is InChI=1S/C24H24N6O/c25-15-21-22(18-9-3-1-4-10-18)27-24(28-23(21)31)29-26-16-19-11-5-6-12-20(19)17-30-13-7-2-8-14-30/h1,3-6,9-12,16H,2,7-8,13-14,17H2,(H2,27,28,29,31). The molecule has 3 aromatic rings. The van der Waals surface area contributed by atoms with E-state index < -0.39 is 5.56 Å². The summed E-state index contributed by atoms with van der Waals surface area (Å²) >= 11 is 0. The summed E-state index contributed by atoms with van der Waals surface area (Å²) in [6, 6.07) is 19.3. The third-order valence-electron chi connectivity index (χ3n) is 5.35. The Bertz CT molecular complexity index is 1160. The molecule has 0 spiro atoms. The van der Waals surface area contributed by atoms with Gasteiger partial charge in [0.05, 0.1) is 11.9 Å². The summed E-state index contributed by atoms with van der Waals surface area (Å²) in [7, 11) is 0. The van der Waals surface area contributed by atoms with E-state index in [4.69, 9.17) is 0 Å². The Morgan fingerprint density at radius 1 is 1.10 bits per heavy atom. The number of piperidine rings is 1. The molecule has 1 aliphatic rings. The smallest absolute Gasteiger partial charge is 0.270 e. The first kappa shape index (κ1) is 20.5. The molecule has 1 aromatic heterocycles. The maximum atomic E-state index is 12.4. The highest BCUT2D eigenvalue weighted by Gasteiger charge is 2.13. The van der Waals surface area contributed by atoms with Gasteiger partial charge in [0.2, 0.25) is 5.95 Å². The van der Waals surface area contributed by atoms with Crippen LogP contribution in [0.3, 0.4) is 0 Å².